The molecule has 1 aromatic rings. The first-order chi connectivity index (χ1) is 7.81. The second-order valence-corrected chi connectivity index (χ2v) is 4.06. The minimum absolute atomic E-state index is 0.138. The number of benzene rings is 1. The highest BCUT2D eigenvalue weighted by molar-refractivity contribution is 5.69. The molecule has 0 unspecified atom stereocenters. The number of ether oxygens (including phenoxy) is 1. The molecule has 0 fully saturated rings. The molecule has 0 saturated carbocycles. The Kier molecular flexibility index (Phi) is 3.57. The lowest BCUT2D eigenvalue weighted by Crippen LogP contribution is -2.24. The zero-order chi connectivity index (χ0) is 11.4. The van der Waals surface area contributed by atoms with E-state index in [0.717, 1.165) is 25.9 Å². The van der Waals surface area contributed by atoms with Crippen LogP contribution in [0, 0.1) is 0 Å². The molecular weight excluding hydrogens is 202 g/mol. The number of carbonyl (C=O) groups is 1. The lowest BCUT2D eigenvalue weighted by atomic mass is 9.94. The van der Waals surface area contributed by atoms with Crippen LogP contribution < -0.4 is 5.32 Å². The Bertz CT molecular complexity index is 388. The Hall–Kier alpha value is -1.35. The maximum absolute atomic E-state index is 11.1. The molecule has 1 aliphatic heterocycles. The first-order valence-corrected chi connectivity index (χ1v) is 5.68. The fourth-order valence-corrected chi connectivity index (χ4v) is 2.16. The third-order valence-corrected chi connectivity index (χ3v) is 3.07. The van der Waals surface area contributed by atoms with Crippen molar-refractivity contribution in [3.05, 3.63) is 34.9 Å². The van der Waals surface area contributed by atoms with Gasteiger partial charge in [0.05, 0.1) is 7.11 Å². The van der Waals surface area contributed by atoms with Crippen molar-refractivity contribution >= 4 is 5.97 Å². The summed E-state index contributed by atoms with van der Waals surface area (Å²) >= 11 is 0. The molecule has 0 amide bonds. The van der Waals surface area contributed by atoms with Crippen molar-refractivity contribution in [2.45, 2.75) is 25.8 Å². The summed E-state index contributed by atoms with van der Waals surface area (Å²) in [7, 11) is 1.43. The molecule has 3 heteroatoms. The van der Waals surface area contributed by atoms with Gasteiger partial charge in [0, 0.05) is 13.0 Å². The number of nitrogens with one attached hydrogen (secondary N) is 1. The number of rotatable bonds is 3. The molecule has 1 N–H and O–H groups in total. The molecule has 0 atom stereocenters. The summed E-state index contributed by atoms with van der Waals surface area (Å²) in [6, 6.07) is 6.36. The number of hydrogen-bond donors (Lipinski definition) is 1. The van der Waals surface area contributed by atoms with Crippen molar-refractivity contribution in [1.29, 1.82) is 0 Å². The number of hydrogen-bond acceptors (Lipinski definition) is 3. The topological polar surface area (TPSA) is 38.3 Å². The average Bonchev–Trinajstić information content (AvgIpc) is 2.35. The van der Waals surface area contributed by atoms with Gasteiger partial charge in [0.25, 0.3) is 0 Å². The molecule has 0 bridgehead atoms. The minimum atomic E-state index is -0.138. The highest BCUT2D eigenvalue weighted by Crippen LogP contribution is 2.19. The standard InChI is InChI=1S/C13H17NO2/c1-16-13(15)6-5-10-3-2-4-11-7-8-14-9-12(10)11/h2-4,14H,5-9H2,1H3. The van der Waals surface area contributed by atoms with Crippen molar-refractivity contribution in [3.63, 3.8) is 0 Å². The molecule has 2 rings (SSSR count). The molecule has 0 aromatic heterocycles. The molecule has 86 valence electrons. The fourth-order valence-electron chi connectivity index (χ4n) is 2.16. The van der Waals surface area contributed by atoms with Crippen LogP contribution in [0.2, 0.25) is 0 Å². The van der Waals surface area contributed by atoms with Crippen LogP contribution in [0.4, 0.5) is 0 Å². The largest absolute Gasteiger partial charge is 0.469 e. The zero-order valence-corrected chi connectivity index (χ0v) is 9.58. The number of methoxy groups -OCH3 is 1. The van der Waals surface area contributed by atoms with E-state index in [9.17, 15) is 4.79 Å². The van der Waals surface area contributed by atoms with E-state index in [0.29, 0.717) is 6.42 Å². The second-order valence-electron chi connectivity index (χ2n) is 4.06. The summed E-state index contributed by atoms with van der Waals surface area (Å²) in [6.45, 7) is 1.97. The summed E-state index contributed by atoms with van der Waals surface area (Å²) in [5.41, 5.74) is 4.06. The van der Waals surface area contributed by atoms with E-state index in [1.54, 1.807) is 0 Å². The van der Waals surface area contributed by atoms with E-state index >= 15 is 0 Å². The van der Waals surface area contributed by atoms with Crippen LogP contribution >= 0.6 is 0 Å². The predicted octanol–water partition coefficient (Wildman–Crippen LogP) is 1.44. The number of aryl methyl sites for hydroxylation is 1. The average molecular weight is 219 g/mol. The van der Waals surface area contributed by atoms with Gasteiger partial charge in [0.2, 0.25) is 0 Å². The maximum Gasteiger partial charge on any atom is 0.305 e. The molecule has 1 aliphatic rings. The third kappa shape index (κ3) is 2.42. The Morgan fingerprint density at radius 3 is 3.19 bits per heavy atom. The van der Waals surface area contributed by atoms with Gasteiger partial charge in [-0.25, -0.2) is 0 Å². The molecule has 0 saturated heterocycles. The number of fused-ring (bicyclic) bond motifs is 1. The Morgan fingerprint density at radius 2 is 2.38 bits per heavy atom. The van der Waals surface area contributed by atoms with Crippen LogP contribution in [-0.2, 0) is 28.9 Å². The van der Waals surface area contributed by atoms with E-state index in [2.05, 4.69) is 28.3 Å². The Morgan fingerprint density at radius 1 is 1.50 bits per heavy atom. The van der Waals surface area contributed by atoms with Gasteiger partial charge < -0.3 is 10.1 Å². The van der Waals surface area contributed by atoms with Crippen LogP contribution in [0.15, 0.2) is 18.2 Å². The van der Waals surface area contributed by atoms with Crippen LogP contribution in [-0.4, -0.2) is 19.6 Å². The Balaban J connectivity index is 2.11. The molecule has 16 heavy (non-hydrogen) atoms. The lowest BCUT2D eigenvalue weighted by Gasteiger charge is -2.20. The molecular formula is C13H17NO2. The highest BCUT2D eigenvalue weighted by Gasteiger charge is 2.12. The van der Waals surface area contributed by atoms with Crippen molar-refractivity contribution in [2.24, 2.45) is 0 Å². The predicted molar refractivity (Wildman–Crippen MR) is 62.2 cm³/mol. The maximum atomic E-state index is 11.1. The van der Waals surface area contributed by atoms with Crippen LogP contribution in [0.3, 0.4) is 0 Å². The lowest BCUT2D eigenvalue weighted by molar-refractivity contribution is -0.140. The fraction of sp³-hybridized carbons (Fsp3) is 0.462. The SMILES string of the molecule is COC(=O)CCc1cccc2c1CNCC2. The van der Waals surface area contributed by atoms with Crippen molar-refractivity contribution in [3.8, 4) is 0 Å². The molecule has 1 aromatic carbocycles. The van der Waals surface area contributed by atoms with Gasteiger partial charge >= 0.3 is 5.97 Å². The van der Waals surface area contributed by atoms with Gasteiger partial charge in [-0.1, -0.05) is 18.2 Å². The van der Waals surface area contributed by atoms with Gasteiger partial charge in [-0.15, -0.1) is 0 Å². The zero-order valence-electron chi connectivity index (χ0n) is 9.58. The summed E-state index contributed by atoms with van der Waals surface area (Å²) in [4.78, 5) is 11.1. The van der Waals surface area contributed by atoms with Crippen molar-refractivity contribution in [2.75, 3.05) is 13.7 Å². The number of esters is 1. The minimum Gasteiger partial charge on any atom is -0.469 e. The molecule has 0 radical (unpaired) electrons. The van der Waals surface area contributed by atoms with Crippen molar-refractivity contribution in [1.82, 2.24) is 5.32 Å². The van der Waals surface area contributed by atoms with E-state index in [1.807, 2.05) is 0 Å². The first-order valence-electron chi connectivity index (χ1n) is 5.68. The summed E-state index contributed by atoms with van der Waals surface area (Å²) in [6.07, 6.45) is 2.33. The van der Waals surface area contributed by atoms with E-state index < -0.39 is 0 Å². The van der Waals surface area contributed by atoms with Gasteiger partial charge in [0.15, 0.2) is 0 Å². The van der Waals surface area contributed by atoms with Crippen molar-refractivity contribution < 1.29 is 9.53 Å². The molecule has 0 spiro atoms. The second kappa shape index (κ2) is 5.12. The monoisotopic (exact) mass is 219 g/mol. The third-order valence-electron chi connectivity index (χ3n) is 3.07. The molecule has 1 heterocycles. The van der Waals surface area contributed by atoms with Crippen LogP contribution in [0.1, 0.15) is 23.1 Å². The summed E-state index contributed by atoms with van der Waals surface area (Å²) in [5, 5.41) is 3.37. The summed E-state index contributed by atoms with van der Waals surface area (Å²) < 4.78 is 4.66. The van der Waals surface area contributed by atoms with Crippen LogP contribution in [0.5, 0.6) is 0 Å². The van der Waals surface area contributed by atoms with E-state index in [4.69, 9.17) is 0 Å². The highest BCUT2D eigenvalue weighted by atomic mass is 16.5. The van der Waals surface area contributed by atoms with Crippen LogP contribution in [0.25, 0.3) is 0 Å². The normalized spacial score (nSPS) is 14.3. The van der Waals surface area contributed by atoms with Gasteiger partial charge in [-0.05, 0) is 36.1 Å². The first kappa shape index (κ1) is 11.1. The molecule has 0 aliphatic carbocycles. The van der Waals surface area contributed by atoms with Gasteiger partial charge in [0.1, 0.15) is 0 Å². The van der Waals surface area contributed by atoms with Gasteiger partial charge in [-0.2, -0.15) is 0 Å². The summed E-state index contributed by atoms with van der Waals surface area (Å²) in [5.74, 6) is -0.138. The Labute approximate surface area is 95.8 Å². The van der Waals surface area contributed by atoms with E-state index in [1.165, 1.54) is 23.8 Å². The molecule has 3 nitrogen and oxygen atoms in total. The smallest absolute Gasteiger partial charge is 0.305 e. The van der Waals surface area contributed by atoms with E-state index in [-0.39, 0.29) is 5.97 Å². The number of carbonyl (C=O) groups excluding carboxylic acids is 1. The van der Waals surface area contributed by atoms with Gasteiger partial charge in [-0.3, -0.25) is 4.79 Å². The quantitative estimate of drug-likeness (QED) is 0.782.